The van der Waals surface area contributed by atoms with Crippen LogP contribution in [0.15, 0.2) is 18.2 Å². The monoisotopic (exact) mass is 290 g/mol. The smallest absolute Gasteiger partial charge is 0.374 e. The minimum Gasteiger partial charge on any atom is -0.374 e. The second-order valence-corrected chi connectivity index (χ2v) is 6.46. The average molecular weight is 290 g/mol. The summed E-state index contributed by atoms with van der Waals surface area (Å²) in [6.45, 7) is 6.68. The van der Waals surface area contributed by atoms with E-state index in [1.165, 1.54) is 12.1 Å². The lowest BCUT2D eigenvalue weighted by atomic mass is 10.2. The SMILES string of the molecule is CCO[Si](Cc1cccc(F)c1F)(OCC)OCC. The third-order valence-electron chi connectivity index (χ3n) is 2.53. The molecular formula is C13H20F2O3Si. The quantitative estimate of drug-likeness (QED) is 0.689. The summed E-state index contributed by atoms with van der Waals surface area (Å²) in [5, 5.41) is 0. The summed E-state index contributed by atoms with van der Waals surface area (Å²) in [4.78, 5) is 0. The van der Waals surface area contributed by atoms with Gasteiger partial charge in [-0.15, -0.1) is 0 Å². The van der Waals surface area contributed by atoms with Gasteiger partial charge in [-0.3, -0.25) is 0 Å². The van der Waals surface area contributed by atoms with E-state index in [2.05, 4.69) is 0 Å². The van der Waals surface area contributed by atoms with Crippen LogP contribution in [-0.4, -0.2) is 28.6 Å². The van der Waals surface area contributed by atoms with Gasteiger partial charge in [0.2, 0.25) is 0 Å². The third-order valence-corrected chi connectivity index (χ3v) is 5.53. The number of halogens is 2. The van der Waals surface area contributed by atoms with E-state index in [0.29, 0.717) is 19.8 Å². The number of benzene rings is 1. The predicted octanol–water partition coefficient (Wildman–Crippen LogP) is 3.09. The van der Waals surface area contributed by atoms with E-state index in [-0.39, 0.29) is 11.6 Å². The maximum Gasteiger partial charge on any atom is 0.505 e. The maximum absolute atomic E-state index is 13.7. The van der Waals surface area contributed by atoms with E-state index in [1.807, 2.05) is 20.8 Å². The molecule has 0 amide bonds. The Morgan fingerprint density at radius 3 is 1.95 bits per heavy atom. The highest BCUT2D eigenvalue weighted by molar-refractivity contribution is 6.60. The largest absolute Gasteiger partial charge is 0.505 e. The highest BCUT2D eigenvalue weighted by Crippen LogP contribution is 2.20. The average Bonchev–Trinajstić information content (AvgIpc) is 2.36. The predicted molar refractivity (Wildman–Crippen MR) is 70.7 cm³/mol. The van der Waals surface area contributed by atoms with Crippen LogP contribution in [0.5, 0.6) is 0 Å². The fourth-order valence-electron chi connectivity index (χ4n) is 1.86. The Morgan fingerprint density at radius 2 is 1.47 bits per heavy atom. The lowest BCUT2D eigenvalue weighted by molar-refractivity contribution is 0.0701. The molecule has 0 fully saturated rings. The molecule has 0 heterocycles. The first kappa shape index (κ1) is 16.2. The van der Waals surface area contributed by atoms with Gasteiger partial charge in [0.1, 0.15) is 0 Å². The molecule has 0 aromatic heterocycles. The maximum atomic E-state index is 13.7. The van der Waals surface area contributed by atoms with E-state index in [9.17, 15) is 8.78 Å². The van der Waals surface area contributed by atoms with Gasteiger partial charge in [-0.05, 0) is 32.4 Å². The molecule has 1 rings (SSSR count). The topological polar surface area (TPSA) is 27.7 Å². The van der Waals surface area contributed by atoms with Crippen LogP contribution in [0.1, 0.15) is 26.3 Å². The molecule has 0 aliphatic carbocycles. The molecular weight excluding hydrogens is 270 g/mol. The number of rotatable bonds is 8. The Bertz CT molecular complexity index is 384. The van der Waals surface area contributed by atoms with Gasteiger partial charge in [-0.2, -0.15) is 0 Å². The molecule has 3 nitrogen and oxygen atoms in total. The highest BCUT2D eigenvalue weighted by atomic mass is 28.4. The molecule has 0 N–H and O–H groups in total. The van der Waals surface area contributed by atoms with Crippen molar-refractivity contribution in [1.29, 1.82) is 0 Å². The van der Waals surface area contributed by atoms with Crippen molar-refractivity contribution in [1.82, 2.24) is 0 Å². The highest BCUT2D eigenvalue weighted by Gasteiger charge is 2.41. The van der Waals surface area contributed by atoms with Crippen LogP contribution in [0.25, 0.3) is 0 Å². The summed E-state index contributed by atoms with van der Waals surface area (Å²) in [7, 11) is -3.00. The molecule has 1 aromatic rings. The Labute approximate surface area is 113 Å². The van der Waals surface area contributed by atoms with Crippen LogP contribution in [0, 0.1) is 11.6 Å². The van der Waals surface area contributed by atoms with Gasteiger partial charge in [0.25, 0.3) is 0 Å². The Hall–Kier alpha value is -0.823. The van der Waals surface area contributed by atoms with E-state index >= 15 is 0 Å². The van der Waals surface area contributed by atoms with Crippen LogP contribution in [0.3, 0.4) is 0 Å². The first-order valence-electron chi connectivity index (χ1n) is 6.43. The van der Waals surface area contributed by atoms with E-state index in [4.69, 9.17) is 13.3 Å². The van der Waals surface area contributed by atoms with Gasteiger partial charge >= 0.3 is 8.80 Å². The lowest BCUT2D eigenvalue weighted by Crippen LogP contribution is -2.48. The molecule has 0 spiro atoms. The molecule has 108 valence electrons. The van der Waals surface area contributed by atoms with Crippen LogP contribution in [0.2, 0.25) is 0 Å². The molecule has 0 atom stereocenters. The molecule has 0 aliphatic heterocycles. The summed E-state index contributed by atoms with van der Waals surface area (Å²) in [6, 6.07) is 4.21. The standard InChI is InChI=1S/C13H20F2O3Si/c1-4-16-19(17-5-2,18-6-3)10-11-8-7-9-12(14)13(11)15/h7-9H,4-6,10H2,1-3H3. The Morgan fingerprint density at radius 1 is 0.947 bits per heavy atom. The van der Waals surface area contributed by atoms with Gasteiger partial charge in [-0.25, -0.2) is 8.78 Å². The molecule has 0 unspecified atom stereocenters. The molecule has 6 heteroatoms. The van der Waals surface area contributed by atoms with Crippen molar-refractivity contribution in [3.05, 3.63) is 35.4 Å². The fourth-order valence-corrected chi connectivity index (χ4v) is 4.47. The van der Waals surface area contributed by atoms with Crippen molar-refractivity contribution >= 4 is 8.80 Å². The summed E-state index contributed by atoms with van der Waals surface area (Å²) in [5.74, 6) is -1.73. The van der Waals surface area contributed by atoms with Gasteiger partial charge in [0, 0.05) is 25.9 Å². The molecule has 19 heavy (non-hydrogen) atoms. The molecule has 1 aromatic carbocycles. The first-order valence-corrected chi connectivity index (χ1v) is 8.36. The zero-order valence-electron chi connectivity index (χ0n) is 11.5. The minimum atomic E-state index is -3.00. The van der Waals surface area contributed by atoms with Crippen molar-refractivity contribution in [2.24, 2.45) is 0 Å². The van der Waals surface area contributed by atoms with Crippen LogP contribution < -0.4 is 0 Å². The lowest BCUT2D eigenvalue weighted by Gasteiger charge is -2.28. The minimum absolute atomic E-state index is 0.131. The van der Waals surface area contributed by atoms with Gasteiger partial charge < -0.3 is 13.3 Å². The van der Waals surface area contributed by atoms with E-state index in [0.717, 1.165) is 6.07 Å². The van der Waals surface area contributed by atoms with Crippen LogP contribution in [0.4, 0.5) is 8.78 Å². The van der Waals surface area contributed by atoms with E-state index < -0.39 is 20.4 Å². The second-order valence-electron chi connectivity index (χ2n) is 3.87. The number of hydrogen-bond donors (Lipinski definition) is 0. The van der Waals surface area contributed by atoms with Crippen molar-refractivity contribution in [2.45, 2.75) is 26.8 Å². The fraction of sp³-hybridized carbons (Fsp3) is 0.538. The Kier molecular flexibility index (Phi) is 6.57. The first-order chi connectivity index (χ1) is 9.08. The number of hydrogen-bond acceptors (Lipinski definition) is 3. The van der Waals surface area contributed by atoms with Crippen molar-refractivity contribution in [2.75, 3.05) is 19.8 Å². The summed E-state index contributed by atoms with van der Waals surface area (Å²) < 4.78 is 43.8. The Balaban J connectivity index is 3.00. The molecule has 0 saturated carbocycles. The molecule has 0 bridgehead atoms. The summed E-state index contributed by atoms with van der Waals surface area (Å²) in [6.07, 6.45) is 0. The summed E-state index contributed by atoms with van der Waals surface area (Å²) >= 11 is 0. The molecule has 0 aliphatic rings. The normalized spacial score (nSPS) is 11.8. The molecule has 0 radical (unpaired) electrons. The van der Waals surface area contributed by atoms with Crippen molar-refractivity contribution < 1.29 is 22.1 Å². The van der Waals surface area contributed by atoms with Crippen molar-refractivity contribution in [3.8, 4) is 0 Å². The summed E-state index contributed by atoms with van der Waals surface area (Å²) in [5.41, 5.74) is 0.224. The van der Waals surface area contributed by atoms with Gasteiger partial charge in [-0.1, -0.05) is 12.1 Å². The van der Waals surface area contributed by atoms with Crippen LogP contribution >= 0.6 is 0 Å². The zero-order valence-corrected chi connectivity index (χ0v) is 12.5. The zero-order chi connectivity index (χ0) is 14.3. The second kappa shape index (κ2) is 7.69. The van der Waals surface area contributed by atoms with Crippen molar-refractivity contribution in [3.63, 3.8) is 0 Å². The third kappa shape index (κ3) is 4.34. The van der Waals surface area contributed by atoms with Crippen LogP contribution in [-0.2, 0) is 19.3 Å². The van der Waals surface area contributed by atoms with E-state index in [1.54, 1.807) is 0 Å². The van der Waals surface area contributed by atoms with Gasteiger partial charge in [0.15, 0.2) is 11.6 Å². The van der Waals surface area contributed by atoms with Gasteiger partial charge in [0.05, 0.1) is 0 Å². The molecule has 0 saturated heterocycles.